The number of aromatic nitrogens is 3. The minimum Gasteiger partial charge on any atom is -0.375 e. The van der Waals surface area contributed by atoms with Gasteiger partial charge in [0, 0.05) is 17.1 Å². The van der Waals surface area contributed by atoms with Gasteiger partial charge in [-0.3, -0.25) is 5.43 Å². The molecule has 2 aromatic carbocycles. The minimum atomic E-state index is 0.0970. The van der Waals surface area contributed by atoms with Gasteiger partial charge in [-0.05, 0) is 48.1 Å². The van der Waals surface area contributed by atoms with Crippen molar-refractivity contribution in [2.75, 3.05) is 0 Å². The van der Waals surface area contributed by atoms with Gasteiger partial charge in [-0.25, -0.2) is 4.98 Å². The summed E-state index contributed by atoms with van der Waals surface area (Å²) in [4.78, 5) is 11.1. The first-order chi connectivity index (χ1) is 12.7. The third-order valence-corrected chi connectivity index (χ3v) is 4.06. The Kier molecular flexibility index (Phi) is 4.20. The number of hydrazone groups is 1. The molecule has 0 radical (unpaired) electrons. The van der Waals surface area contributed by atoms with Crippen molar-refractivity contribution in [2.45, 2.75) is 0 Å². The summed E-state index contributed by atoms with van der Waals surface area (Å²) in [5, 5.41) is 5.51. The van der Waals surface area contributed by atoms with E-state index in [9.17, 15) is 0 Å². The number of thiocarbonyl (C=S) groups is 1. The second kappa shape index (κ2) is 6.81. The number of imidazole rings is 1. The van der Waals surface area contributed by atoms with Crippen molar-refractivity contribution in [1.82, 2.24) is 20.4 Å². The standard InChI is InChI=1S/C19H16N6S/c20-19(26)25-24-17(18-22-15-5-1-2-6-16(15)23-18)9-8-12-4-3-7-14-13(12)10-11-21-14/h1-11,21H,(H,22,23)(H3,20,25,26)/b9-8+,24-17-. The van der Waals surface area contributed by atoms with Gasteiger partial charge in [0.2, 0.25) is 0 Å². The van der Waals surface area contributed by atoms with Crippen molar-refractivity contribution < 1.29 is 0 Å². The maximum atomic E-state index is 5.52. The molecule has 0 saturated heterocycles. The lowest BCUT2D eigenvalue weighted by Gasteiger charge is -2.01. The van der Waals surface area contributed by atoms with E-state index >= 15 is 0 Å². The van der Waals surface area contributed by atoms with Crippen LogP contribution in [0.1, 0.15) is 11.4 Å². The van der Waals surface area contributed by atoms with E-state index in [-0.39, 0.29) is 5.11 Å². The summed E-state index contributed by atoms with van der Waals surface area (Å²) in [6.07, 6.45) is 5.79. The Bertz CT molecular complexity index is 1120. The lowest BCUT2D eigenvalue weighted by Crippen LogP contribution is -2.25. The van der Waals surface area contributed by atoms with Gasteiger partial charge < -0.3 is 15.7 Å². The highest BCUT2D eigenvalue weighted by Crippen LogP contribution is 2.19. The highest BCUT2D eigenvalue weighted by molar-refractivity contribution is 7.80. The highest BCUT2D eigenvalue weighted by atomic mass is 32.1. The zero-order valence-electron chi connectivity index (χ0n) is 13.7. The summed E-state index contributed by atoms with van der Waals surface area (Å²) in [5.41, 5.74) is 12.7. The minimum absolute atomic E-state index is 0.0970. The summed E-state index contributed by atoms with van der Waals surface area (Å²) in [5.74, 6) is 0.632. The van der Waals surface area contributed by atoms with Crippen molar-refractivity contribution in [3.63, 3.8) is 0 Å². The average Bonchev–Trinajstić information content (AvgIpc) is 3.28. The van der Waals surface area contributed by atoms with Crippen molar-refractivity contribution >= 4 is 51.1 Å². The molecule has 0 fully saturated rings. The van der Waals surface area contributed by atoms with Gasteiger partial charge in [0.15, 0.2) is 10.9 Å². The average molecular weight is 360 g/mol. The van der Waals surface area contributed by atoms with Crippen LogP contribution in [0.25, 0.3) is 28.0 Å². The number of nitrogens with zero attached hydrogens (tertiary/aromatic N) is 2. The maximum absolute atomic E-state index is 5.52. The molecule has 0 aliphatic rings. The van der Waals surface area contributed by atoms with Crippen LogP contribution in [0.4, 0.5) is 0 Å². The molecule has 128 valence electrons. The third-order valence-electron chi connectivity index (χ3n) is 3.97. The predicted octanol–water partition coefficient (Wildman–Crippen LogP) is 3.29. The van der Waals surface area contributed by atoms with E-state index < -0.39 is 0 Å². The van der Waals surface area contributed by atoms with E-state index in [1.807, 2.05) is 66.9 Å². The van der Waals surface area contributed by atoms with Crippen LogP contribution < -0.4 is 11.2 Å². The Morgan fingerprint density at radius 2 is 1.96 bits per heavy atom. The summed E-state index contributed by atoms with van der Waals surface area (Å²) in [7, 11) is 0. The zero-order chi connectivity index (χ0) is 17.9. The smallest absolute Gasteiger partial charge is 0.184 e. The Morgan fingerprint density at radius 3 is 2.81 bits per heavy atom. The van der Waals surface area contributed by atoms with Crippen molar-refractivity contribution in [3.8, 4) is 0 Å². The number of allylic oxidation sites excluding steroid dienone is 1. The number of nitrogens with one attached hydrogen (secondary N) is 3. The van der Waals surface area contributed by atoms with Gasteiger partial charge >= 0.3 is 0 Å². The second-order valence-corrected chi connectivity index (χ2v) is 6.13. The fourth-order valence-corrected chi connectivity index (χ4v) is 2.83. The molecule has 0 unspecified atom stereocenters. The van der Waals surface area contributed by atoms with Crippen LogP contribution in [0.15, 0.2) is 65.9 Å². The number of nitrogens with two attached hydrogens (primary N) is 1. The Labute approximate surface area is 154 Å². The molecular formula is C19H16N6S. The molecule has 2 heterocycles. The van der Waals surface area contributed by atoms with E-state index in [4.69, 9.17) is 18.0 Å². The van der Waals surface area contributed by atoms with Gasteiger partial charge in [0.25, 0.3) is 0 Å². The molecule has 0 aliphatic carbocycles. The summed E-state index contributed by atoms with van der Waals surface area (Å²) in [6.45, 7) is 0. The van der Waals surface area contributed by atoms with E-state index in [0.29, 0.717) is 11.5 Å². The number of H-pyrrole nitrogens is 2. The topological polar surface area (TPSA) is 94.9 Å². The molecule has 26 heavy (non-hydrogen) atoms. The Morgan fingerprint density at radius 1 is 1.12 bits per heavy atom. The molecule has 5 N–H and O–H groups in total. The molecule has 7 heteroatoms. The number of aromatic amines is 2. The molecule has 0 amide bonds. The second-order valence-electron chi connectivity index (χ2n) is 5.70. The molecule has 0 atom stereocenters. The maximum Gasteiger partial charge on any atom is 0.184 e. The SMILES string of the molecule is NC(=S)N/N=C(/C=C/c1cccc2[nH]ccc12)c1nc2ccccc2[nH]1. The van der Waals surface area contributed by atoms with Crippen LogP contribution in [0, 0.1) is 0 Å². The Balaban J connectivity index is 1.74. The third kappa shape index (κ3) is 3.20. The fourth-order valence-electron chi connectivity index (χ4n) is 2.78. The normalized spacial score (nSPS) is 12.2. The lowest BCUT2D eigenvalue weighted by molar-refractivity contribution is 1.03. The van der Waals surface area contributed by atoms with Gasteiger partial charge in [0.1, 0.15) is 5.71 Å². The number of hydrogen-bond acceptors (Lipinski definition) is 3. The van der Waals surface area contributed by atoms with E-state index in [0.717, 1.165) is 27.5 Å². The summed E-state index contributed by atoms with van der Waals surface area (Å²) < 4.78 is 0. The molecule has 4 aromatic rings. The number of benzene rings is 2. The summed E-state index contributed by atoms with van der Waals surface area (Å²) >= 11 is 4.86. The van der Waals surface area contributed by atoms with Crippen LogP contribution in [0.2, 0.25) is 0 Å². The van der Waals surface area contributed by atoms with E-state index in [1.165, 1.54) is 0 Å². The van der Waals surface area contributed by atoms with Gasteiger partial charge in [0.05, 0.1) is 11.0 Å². The van der Waals surface area contributed by atoms with Crippen LogP contribution in [-0.4, -0.2) is 25.8 Å². The van der Waals surface area contributed by atoms with Crippen LogP contribution in [0.3, 0.4) is 0 Å². The number of hydrogen-bond donors (Lipinski definition) is 4. The predicted molar refractivity (Wildman–Crippen MR) is 110 cm³/mol. The molecule has 4 rings (SSSR count). The Hall–Kier alpha value is -3.45. The molecule has 6 nitrogen and oxygen atoms in total. The van der Waals surface area contributed by atoms with Crippen LogP contribution >= 0.6 is 12.2 Å². The lowest BCUT2D eigenvalue weighted by atomic mass is 10.1. The van der Waals surface area contributed by atoms with E-state index in [2.05, 4.69) is 25.5 Å². The highest BCUT2D eigenvalue weighted by Gasteiger charge is 2.08. The van der Waals surface area contributed by atoms with Crippen LogP contribution in [0.5, 0.6) is 0 Å². The van der Waals surface area contributed by atoms with E-state index in [1.54, 1.807) is 0 Å². The molecular weight excluding hydrogens is 344 g/mol. The monoisotopic (exact) mass is 360 g/mol. The first kappa shape index (κ1) is 16.0. The quantitative estimate of drug-likeness (QED) is 0.255. The number of fused-ring (bicyclic) bond motifs is 2. The summed E-state index contributed by atoms with van der Waals surface area (Å²) in [6, 6.07) is 15.9. The zero-order valence-corrected chi connectivity index (χ0v) is 14.5. The van der Waals surface area contributed by atoms with Crippen molar-refractivity contribution in [1.29, 1.82) is 0 Å². The van der Waals surface area contributed by atoms with Gasteiger partial charge in [-0.2, -0.15) is 5.10 Å². The molecule has 0 saturated carbocycles. The molecule has 0 aliphatic heterocycles. The first-order valence-corrected chi connectivity index (χ1v) is 8.44. The van der Waals surface area contributed by atoms with Gasteiger partial charge in [-0.15, -0.1) is 0 Å². The molecule has 0 spiro atoms. The van der Waals surface area contributed by atoms with Crippen molar-refractivity contribution in [2.24, 2.45) is 10.8 Å². The van der Waals surface area contributed by atoms with Gasteiger partial charge in [-0.1, -0.05) is 30.3 Å². The number of rotatable bonds is 4. The molecule has 0 bridgehead atoms. The molecule has 2 aromatic heterocycles. The first-order valence-electron chi connectivity index (χ1n) is 8.03. The van der Waals surface area contributed by atoms with Crippen LogP contribution in [-0.2, 0) is 0 Å². The number of para-hydroxylation sites is 2. The largest absolute Gasteiger partial charge is 0.375 e. The fraction of sp³-hybridized carbons (Fsp3) is 0. The van der Waals surface area contributed by atoms with Crippen molar-refractivity contribution in [3.05, 3.63) is 72.2 Å².